The molecule has 0 spiro atoms. The molecular weight excluding hydrogens is 338 g/mol. The van der Waals surface area contributed by atoms with Crippen LogP contribution in [-0.4, -0.2) is 42.9 Å². The van der Waals surface area contributed by atoms with Crippen LogP contribution < -0.4 is 4.74 Å². The summed E-state index contributed by atoms with van der Waals surface area (Å²) in [5.41, 5.74) is 1.76. The zero-order chi connectivity index (χ0) is 17.4. The first kappa shape index (κ1) is 16.1. The number of ether oxygens (including phenoxy) is 1. The van der Waals surface area contributed by atoms with Crippen LogP contribution in [0, 0.1) is 0 Å². The minimum atomic E-state index is -3.45. The zero-order valence-corrected chi connectivity index (χ0v) is 14.7. The first-order valence-electron chi connectivity index (χ1n) is 8.17. The third kappa shape index (κ3) is 2.89. The van der Waals surface area contributed by atoms with Gasteiger partial charge in [0, 0.05) is 25.1 Å². The van der Waals surface area contributed by atoms with E-state index in [1.807, 2.05) is 24.3 Å². The van der Waals surface area contributed by atoms with E-state index in [0.29, 0.717) is 18.0 Å². The Balaban J connectivity index is 1.58. The molecule has 6 nitrogen and oxygen atoms in total. The Hall–Kier alpha value is -2.38. The number of nitrogens with one attached hydrogen (secondary N) is 1. The van der Waals surface area contributed by atoms with Crippen molar-refractivity contribution in [2.24, 2.45) is 0 Å². The average Bonchev–Trinajstić information content (AvgIpc) is 3.28. The van der Waals surface area contributed by atoms with Gasteiger partial charge in [-0.15, -0.1) is 0 Å². The maximum atomic E-state index is 12.7. The lowest BCUT2D eigenvalue weighted by atomic mass is 10.1. The molecule has 1 aliphatic heterocycles. The van der Waals surface area contributed by atoms with E-state index >= 15 is 0 Å². The van der Waals surface area contributed by atoms with Crippen LogP contribution in [0.5, 0.6) is 5.75 Å². The minimum Gasteiger partial charge on any atom is -0.497 e. The van der Waals surface area contributed by atoms with E-state index in [9.17, 15) is 8.42 Å². The molecule has 4 rings (SSSR count). The van der Waals surface area contributed by atoms with Crippen LogP contribution in [0.1, 0.15) is 18.2 Å². The fourth-order valence-corrected chi connectivity index (χ4v) is 4.76. The van der Waals surface area contributed by atoms with Gasteiger partial charge in [-0.05, 0) is 30.7 Å². The Labute approximate surface area is 146 Å². The predicted molar refractivity (Wildman–Crippen MR) is 95.2 cm³/mol. The van der Waals surface area contributed by atoms with Crippen molar-refractivity contribution in [1.29, 1.82) is 0 Å². The first-order valence-corrected chi connectivity index (χ1v) is 9.61. The summed E-state index contributed by atoms with van der Waals surface area (Å²) in [7, 11) is -1.82. The molecule has 25 heavy (non-hydrogen) atoms. The highest BCUT2D eigenvalue weighted by atomic mass is 32.2. The number of benzene rings is 2. The largest absolute Gasteiger partial charge is 0.497 e. The predicted octanol–water partition coefficient (Wildman–Crippen LogP) is 2.75. The molecule has 1 N–H and O–H groups in total. The lowest BCUT2D eigenvalue weighted by Crippen LogP contribution is -2.28. The summed E-state index contributed by atoms with van der Waals surface area (Å²) in [6.07, 6.45) is 0.753. The summed E-state index contributed by atoms with van der Waals surface area (Å²) in [6.45, 7) is 0.941. The zero-order valence-electron chi connectivity index (χ0n) is 13.8. The molecule has 0 bridgehead atoms. The third-order valence-corrected chi connectivity index (χ3v) is 6.51. The number of aromatic nitrogens is 2. The van der Waals surface area contributed by atoms with Crippen LogP contribution in [0.25, 0.3) is 11.0 Å². The molecule has 2 aromatic carbocycles. The molecule has 0 saturated carbocycles. The maximum Gasteiger partial charge on any atom is 0.243 e. The SMILES string of the molecule is COc1ccc2nc(C3CCN(S(=O)(=O)c4ccccc4)C3)[nH]c2c1. The standard InChI is InChI=1S/C18H19N3O3S/c1-24-14-7-8-16-17(11-14)20-18(19-16)13-9-10-21(12-13)25(22,23)15-5-3-2-4-6-15/h2-8,11,13H,9-10,12H2,1H3,(H,19,20). The highest BCUT2D eigenvalue weighted by Crippen LogP contribution is 2.31. The second-order valence-electron chi connectivity index (χ2n) is 6.17. The molecule has 1 fully saturated rings. The van der Waals surface area contributed by atoms with Crippen LogP contribution in [0.2, 0.25) is 0 Å². The Kier molecular flexibility index (Phi) is 3.97. The number of hydrogen-bond donors (Lipinski definition) is 1. The second-order valence-corrected chi connectivity index (χ2v) is 8.10. The lowest BCUT2D eigenvalue weighted by Gasteiger charge is -2.16. The topological polar surface area (TPSA) is 75.3 Å². The Bertz CT molecular complexity index is 999. The number of fused-ring (bicyclic) bond motifs is 1. The average molecular weight is 357 g/mol. The van der Waals surface area contributed by atoms with E-state index in [0.717, 1.165) is 29.0 Å². The molecule has 1 saturated heterocycles. The minimum absolute atomic E-state index is 0.0666. The number of aromatic amines is 1. The van der Waals surface area contributed by atoms with Gasteiger partial charge in [0.05, 0.1) is 23.0 Å². The van der Waals surface area contributed by atoms with Gasteiger partial charge in [-0.3, -0.25) is 0 Å². The molecular formula is C18H19N3O3S. The number of H-pyrrole nitrogens is 1. The summed E-state index contributed by atoms with van der Waals surface area (Å²) in [6, 6.07) is 14.2. The number of methoxy groups -OCH3 is 1. The number of imidazole rings is 1. The van der Waals surface area contributed by atoms with E-state index in [4.69, 9.17) is 4.74 Å². The van der Waals surface area contributed by atoms with Crippen LogP contribution in [0.3, 0.4) is 0 Å². The van der Waals surface area contributed by atoms with Crippen molar-refractivity contribution in [3.63, 3.8) is 0 Å². The van der Waals surface area contributed by atoms with Gasteiger partial charge in [-0.1, -0.05) is 18.2 Å². The van der Waals surface area contributed by atoms with E-state index < -0.39 is 10.0 Å². The van der Waals surface area contributed by atoms with Crippen molar-refractivity contribution >= 4 is 21.1 Å². The van der Waals surface area contributed by atoms with Crippen molar-refractivity contribution in [3.05, 3.63) is 54.4 Å². The summed E-state index contributed by atoms with van der Waals surface area (Å²) >= 11 is 0. The summed E-state index contributed by atoms with van der Waals surface area (Å²) in [5.74, 6) is 1.66. The molecule has 2 heterocycles. The molecule has 0 aliphatic carbocycles. The van der Waals surface area contributed by atoms with E-state index in [1.54, 1.807) is 35.7 Å². The Morgan fingerprint density at radius 1 is 1.20 bits per heavy atom. The van der Waals surface area contributed by atoms with Crippen LogP contribution in [-0.2, 0) is 10.0 Å². The molecule has 0 radical (unpaired) electrons. The molecule has 1 aliphatic rings. The van der Waals surface area contributed by atoms with Gasteiger partial charge in [0.1, 0.15) is 11.6 Å². The maximum absolute atomic E-state index is 12.7. The summed E-state index contributed by atoms with van der Waals surface area (Å²) < 4.78 is 32.3. The monoisotopic (exact) mass is 357 g/mol. The second kappa shape index (κ2) is 6.16. The third-order valence-electron chi connectivity index (χ3n) is 4.63. The van der Waals surface area contributed by atoms with Crippen molar-refractivity contribution < 1.29 is 13.2 Å². The van der Waals surface area contributed by atoms with E-state index in [1.165, 1.54) is 0 Å². The van der Waals surface area contributed by atoms with Crippen molar-refractivity contribution in [2.75, 3.05) is 20.2 Å². The Morgan fingerprint density at radius 3 is 2.76 bits per heavy atom. The highest BCUT2D eigenvalue weighted by molar-refractivity contribution is 7.89. The van der Waals surface area contributed by atoms with Crippen molar-refractivity contribution in [2.45, 2.75) is 17.2 Å². The molecule has 1 atom stereocenters. The smallest absolute Gasteiger partial charge is 0.243 e. The fraction of sp³-hybridized carbons (Fsp3) is 0.278. The number of hydrogen-bond acceptors (Lipinski definition) is 4. The van der Waals surface area contributed by atoms with Gasteiger partial charge in [0.2, 0.25) is 10.0 Å². The van der Waals surface area contributed by atoms with Gasteiger partial charge < -0.3 is 9.72 Å². The normalized spacial score (nSPS) is 18.7. The Morgan fingerprint density at radius 2 is 2.00 bits per heavy atom. The highest BCUT2D eigenvalue weighted by Gasteiger charge is 2.34. The van der Waals surface area contributed by atoms with Crippen LogP contribution in [0.15, 0.2) is 53.4 Å². The number of sulfonamides is 1. The molecule has 130 valence electrons. The van der Waals surface area contributed by atoms with Gasteiger partial charge in [-0.2, -0.15) is 4.31 Å². The van der Waals surface area contributed by atoms with Gasteiger partial charge in [-0.25, -0.2) is 13.4 Å². The van der Waals surface area contributed by atoms with Gasteiger partial charge in [0.25, 0.3) is 0 Å². The van der Waals surface area contributed by atoms with Gasteiger partial charge >= 0.3 is 0 Å². The van der Waals surface area contributed by atoms with E-state index in [-0.39, 0.29) is 5.92 Å². The van der Waals surface area contributed by atoms with Crippen molar-refractivity contribution in [1.82, 2.24) is 14.3 Å². The van der Waals surface area contributed by atoms with Crippen LogP contribution in [0.4, 0.5) is 0 Å². The molecule has 1 unspecified atom stereocenters. The van der Waals surface area contributed by atoms with Gasteiger partial charge in [0.15, 0.2) is 0 Å². The molecule has 7 heteroatoms. The van der Waals surface area contributed by atoms with Crippen LogP contribution >= 0.6 is 0 Å². The fourth-order valence-electron chi connectivity index (χ4n) is 3.24. The number of nitrogens with zero attached hydrogens (tertiary/aromatic N) is 2. The summed E-state index contributed by atoms with van der Waals surface area (Å²) in [4.78, 5) is 8.28. The number of rotatable bonds is 4. The first-order chi connectivity index (χ1) is 12.1. The molecule has 0 amide bonds. The lowest BCUT2D eigenvalue weighted by molar-refractivity contribution is 0.415. The molecule has 3 aromatic rings. The molecule has 1 aromatic heterocycles. The quantitative estimate of drug-likeness (QED) is 0.779. The van der Waals surface area contributed by atoms with E-state index in [2.05, 4.69) is 9.97 Å². The summed E-state index contributed by atoms with van der Waals surface area (Å²) in [5, 5.41) is 0. The van der Waals surface area contributed by atoms with Crippen molar-refractivity contribution in [3.8, 4) is 5.75 Å².